The van der Waals surface area contributed by atoms with Gasteiger partial charge in [0.25, 0.3) is 0 Å². The Morgan fingerprint density at radius 1 is 1.53 bits per heavy atom. The van der Waals surface area contributed by atoms with Gasteiger partial charge in [0.05, 0.1) is 18.6 Å². The van der Waals surface area contributed by atoms with Gasteiger partial charge in [-0.3, -0.25) is 0 Å². The average Bonchev–Trinajstić information content (AvgIpc) is 2.69. The van der Waals surface area contributed by atoms with Crippen molar-refractivity contribution in [3.63, 3.8) is 0 Å². The molecular formula is C14H23N3O2. The second kappa shape index (κ2) is 4.87. The van der Waals surface area contributed by atoms with Crippen LogP contribution in [0.1, 0.15) is 52.7 Å². The molecule has 19 heavy (non-hydrogen) atoms. The molecule has 0 saturated heterocycles. The fourth-order valence-corrected chi connectivity index (χ4v) is 2.35. The van der Waals surface area contributed by atoms with Crippen molar-refractivity contribution in [1.82, 2.24) is 14.9 Å². The van der Waals surface area contributed by atoms with E-state index in [0.717, 1.165) is 5.69 Å². The van der Waals surface area contributed by atoms with E-state index in [-0.39, 0.29) is 11.6 Å². The summed E-state index contributed by atoms with van der Waals surface area (Å²) in [5.74, 6) is 0. The molecule has 0 spiro atoms. The second-order valence-corrected chi connectivity index (χ2v) is 6.46. The van der Waals surface area contributed by atoms with Crippen LogP contribution in [0.5, 0.6) is 0 Å². The highest BCUT2D eigenvalue weighted by atomic mass is 16.6. The summed E-state index contributed by atoms with van der Waals surface area (Å²) in [6, 6.07) is 0. The zero-order valence-electron chi connectivity index (χ0n) is 12.2. The van der Waals surface area contributed by atoms with Crippen LogP contribution < -0.4 is 5.32 Å². The van der Waals surface area contributed by atoms with Gasteiger partial charge in [-0.2, -0.15) is 0 Å². The Morgan fingerprint density at radius 2 is 2.21 bits per heavy atom. The largest absolute Gasteiger partial charge is 0.444 e. The fraction of sp³-hybridized carbons (Fsp3) is 0.714. The van der Waals surface area contributed by atoms with Gasteiger partial charge in [-0.1, -0.05) is 0 Å². The Labute approximate surface area is 114 Å². The first-order chi connectivity index (χ1) is 8.80. The Kier molecular flexibility index (Phi) is 3.56. The first kappa shape index (κ1) is 13.9. The van der Waals surface area contributed by atoms with Gasteiger partial charge in [-0.05, 0) is 47.0 Å². The van der Waals surface area contributed by atoms with E-state index in [0.29, 0.717) is 6.54 Å². The van der Waals surface area contributed by atoms with Crippen molar-refractivity contribution in [1.29, 1.82) is 0 Å². The molecular weight excluding hydrogens is 242 g/mol. The molecule has 0 bridgehead atoms. The highest BCUT2D eigenvalue weighted by Gasteiger charge is 2.34. The molecule has 0 atom stereocenters. The number of nitrogens with zero attached hydrogens (tertiary/aromatic N) is 2. The number of nitrogens with one attached hydrogen (secondary N) is 1. The predicted octanol–water partition coefficient (Wildman–Crippen LogP) is 2.81. The minimum atomic E-state index is -0.468. The van der Waals surface area contributed by atoms with Crippen LogP contribution in [0.25, 0.3) is 0 Å². The molecule has 5 nitrogen and oxygen atoms in total. The first-order valence-corrected chi connectivity index (χ1v) is 6.79. The zero-order chi connectivity index (χ0) is 14.1. The second-order valence-electron chi connectivity index (χ2n) is 6.46. The lowest BCUT2D eigenvalue weighted by molar-refractivity contribution is 0.0520. The standard InChI is InChI=1S/C14H23N3O2/c1-13(2,3)19-12(18)16-9-11-8-15-10-17(11)14(4)6-5-7-14/h8,10H,5-7,9H2,1-4H3,(H,16,18). The van der Waals surface area contributed by atoms with Crippen molar-refractivity contribution in [2.24, 2.45) is 0 Å². The molecule has 1 heterocycles. The van der Waals surface area contributed by atoms with E-state index in [2.05, 4.69) is 21.8 Å². The summed E-state index contributed by atoms with van der Waals surface area (Å²) in [6.07, 6.45) is 6.87. The maximum atomic E-state index is 11.6. The van der Waals surface area contributed by atoms with Crippen LogP contribution >= 0.6 is 0 Å². The third-order valence-electron chi connectivity index (χ3n) is 3.54. The summed E-state index contributed by atoms with van der Waals surface area (Å²) in [5, 5.41) is 2.78. The van der Waals surface area contributed by atoms with Gasteiger partial charge in [-0.25, -0.2) is 9.78 Å². The number of imidazole rings is 1. The molecule has 0 aliphatic heterocycles. The summed E-state index contributed by atoms with van der Waals surface area (Å²) in [6.45, 7) is 8.24. The van der Waals surface area contributed by atoms with Gasteiger partial charge in [0.1, 0.15) is 5.60 Å². The van der Waals surface area contributed by atoms with Crippen LogP contribution in [0.15, 0.2) is 12.5 Å². The van der Waals surface area contributed by atoms with Gasteiger partial charge in [-0.15, -0.1) is 0 Å². The lowest BCUT2D eigenvalue weighted by Crippen LogP contribution is -2.39. The van der Waals surface area contributed by atoms with Gasteiger partial charge >= 0.3 is 6.09 Å². The number of alkyl carbamates (subject to hydrolysis) is 1. The summed E-state index contributed by atoms with van der Waals surface area (Å²) < 4.78 is 7.40. The summed E-state index contributed by atoms with van der Waals surface area (Å²) in [4.78, 5) is 15.8. The molecule has 2 rings (SSSR count). The van der Waals surface area contributed by atoms with Crippen molar-refractivity contribution in [2.75, 3.05) is 0 Å². The molecule has 1 aromatic rings. The van der Waals surface area contributed by atoms with Gasteiger partial charge < -0.3 is 14.6 Å². The minimum absolute atomic E-state index is 0.168. The van der Waals surface area contributed by atoms with Gasteiger partial charge in [0, 0.05) is 11.7 Å². The van der Waals surface area contributed by atoms with E-state index < -0.39 is 5.60 Å². The SMILES string of the molecule is CC(C)(C)OC(=O)NCc1cncn1C1(C)CCC1. The predicted molar refractivity (Wildman–Crippen MR) is 72.8 cm³/mol. The maximum Gasteiger partial charge on any atom is 0.407 e. The van der Waals surface area contributed by atoms with Crippen molar-refractivity contribution in [3.8, 4) is 0 Å². The third kappa shape index (κ3) is 3.28. The lowest BCUT2D eigenvalue weighted by atomic mass is 9.78. The molecule has 1 aliphatic rings. The number of amides is 1. The van der Waals surface area contributed by atoms with Crippen LogP contribution in [-0.4, -0.2) is 21.2 Å². The Morgan fingerprint density at radius 3 is 2.74 bits per heavy atom. The number of ether oxygens (including phenoxy) is 1. The van der Waals surface area contributed by atoms with E-state index in [1.54, 1.807) is 6.20 Å². The number of hydrogen-bond acceptors (Lipinski definition) is 3. The summed E-state index contributed by atoms with van der Waals surface area (Å²) in [7, 11) is 0. The number of rotatable bonds is 3. The molecule has 0 unspecified atom stereocenters. The van der Waals surface area contributed by atoms with Crippen LogP contribution in [0.4, 0.5) is 4.79 Å². The smallest absolute Gasteiger partial charge is 0.407 e. The normalized spacial score (nSPS) is 17.7. The Bertz CT molecular complexity index is 456. The molecule has 1 amide bonds. The molecule has 5 heteroatoms. The van der Waals surface area contributed by atoms with E-state index in [1.165, 1.54) is 19.3 Å². The summed E-state index contributed by atoms with van der Waals surface area (Å²) in [5.41, 5.74) is 0.721. The minimum Gasteiger partial charge on any atom is -0.444 e. The topological polar surface area (TPSA) is 56.1 Å². The Hall–Kier alpha value is -1.52. The first-order valence-electron chi connectivity index (χ1n) is 6.79. The quantitative estimate of drug-likeness (QED) is 0.914. The highest BCUT2D eigenvalue weighted by molar-refractivity contribution is 5.67. The average molecular weight is 265 g/mol. The molecule has 1 aromatic heterocycles. The van der Waals surface area contributed by atoms with E-state index in [4.69, 9.17) is 4.74 Å². The molecule has 0 radical (unpaired) electrons. The number of hydrogen-bond donors (Lipinski definition) is 1. The molecule has 1 N–H and O–H groups in total. The van der Waals surface area contributed by atoms with E-state index in [9.17, 15) is 4.79 Å². The van der Waals surface area contributed by atoms with Crippen molar-refractivity contribution < 1.29 is 9.53 Å². The Balaban J connectivity index is 1.94. The van der Waals surface area contributed by atoms with E-state index in [1.807, 2.05) is 27.1 Å². The fourth-order valence-electron chi connectivity index (χ4n) is 2.35. The van der Waals surface area contributed by atoms with Crippen molar-refractivity contribution >= 4 is 6.09 Å². The molecule has 106 valence electrons. The summed E-state index contributed by atoms with van der Waals surface area (Å²) >= 11 is 0. The van der Waals surface area contributed by atoms with Crippen LogP contribution in [-0.2, 0) is 16.8 Å². The molecule has 1 aliphatic carbocycles. The van der Waals surface area contributed by atoms with Gasteiger partial charge in [0.15, 0.2) is 0 Å². The number of aromatic nitrogens is 2. The van der Waals surface area contributed by atoms with Crippen LogP contribution in [0.3, 0.4) is 0 Å². The number of carbonyl (C=O) groups is 1. The zero-order valence-corrected chi connectivity index (χ0v) is 12.2. The maximum absolute atomic E-state index is 11.6. The number of carbonyl (C=O) groups excluding carboxylic acids is 1. The lowest BCUT2D eigenvalue weighted by Gasteiger charge is -2.40. The van der Waals surface area contributed by atoms with E-state index >= 15 is 0 Å². The molecule has 0 aromatic carbocycles. The van der Waals surface area contributed by atoms with Crippen molar-refractivity contribution in [2.45, 2.75) is 64.6 Å². The van der Waals surface area contributed by atoms with Gasteiger partial charge in [0.2, 0.25) is 0 Å². The third-order valence-corrected chi connectivity index (χ3v) is 3.54. The molecule has 1 saturated carbocycles. The van der Waals surface area contributed by atoms with Crippen LogP contribution in [0.2, 0.25) is 0 Å². The monoisotopic (exact) mass is 265 g/mol. The van der Waals surface area contributed by atoms with Crippen molar-refractivity contribution in [3.05, 3.63) is 18.2 Å². The van der Waals surface area contributed by atoms with Crippen LogP contribution in [0, 0.1) is 0 Å². The highest BCUT2D eigenvalue weighted by Crippen LogP contribution is 2.39. The molecule has 1 fully saturated rings.